The van der Waals surface area contributed by atoms with Gasteiger partial charge in [0.2, 0.25) is 5.91 Å². The van der Waals surface area contributed by atoms with E-state index in [2.05, 4.69) is 5.32 Å². The molecule has 0 spiro atoms. The van der Waals surface area contributed by atoms with E-state index >= 15 is 0 Å². The SMILES string of the molecule is Cc1cccc(NC(=O)CN2C(=O)S/C(=C\c3cc(Cl)c(O)c(Cl)c3)C2=O)c1C. The third-order valence-electron chi connectivity index (χ3n) is 4.39. The van der Waals surface area contributed by atoms with E-state index in [1.165, 1.54) is 18.2 Å². The number of thioether (sulfide) groups is 1. The van der Waals surface area contributed by atoms with Crippen LogP contribution in [0.5, 0.6) is 5.75 Å². The number of nitrogens with zero attached hydrogens (tertiary/aromatic N) is 1. The van der Waals surface area contributed by atoms with Crippen molar-refractivity contribution in [2.45, 2.75) is 13.8 Å². The summed E-state index contributed by atoms with van der Waals surface area (Å²) in [6, 6.07) is 8.34. The predicted octanol–water partition coefficient (Wildman–Crippen LogP) is 4.99. The van der Waals surface area contributed by atoms with E-state index in [4.69, 9.17) is 23.2 Å². The summed E-state index contributed by atoms with van der Waals surface area (Å²) >= 11 is 12.5. The first-order valence-electron chi connectivity index (χ1n) is 8.47. The van der Waals surface area contributed by atoms with Gasteiger partial charge < -0.3 is 10.4 Å². The highest BCUT2D eigenvalue weighted by molar-refractivity contribution is 8.18. The van der Waals surface area contributed by atoms with Crippen LogP contribution in [0.1, 0.15) is 16.7 Å². The minimum Gasteiger partial charge on any atom is -0.505 e. The molecule has 0 radical (unpaired) electrons. The molecule has 1 fully saturated rings. The minimum absolute atomic E-state index is 0.0240. The van der Waals surface area contributed by atoms with Crippen molar-refractivity contribution < 1.29 is 19.5 Å². The van der Waals surface area contributed by atoms with Crippen molar-refractivity contribution in [1.29, 1.82) is 0 Å². The molecule has 3 amide bonds. The second kappa shape index (κ2) is 8.49. The molecular formula is C20H16Cl2N2O4S. The van der Waals surface area contributed by atoms with Gasteiger partial charge in [-0.2, -0.15) is 0 Å². The van der Waals surface area contributed by atoms with Gasteiger partial charge in [-0.1, -0.05) is 35.3 Å². The van der Waals surface area contributed by atoms with Gasteiger partial charge in [-0.25, -0.2) is 0 Å². The smallest absolute Gasteiger partial charge is 0.294 e. The van der Waals surface area contributed by atoms with Crippen LogP contribution in [-0.2, 0) is 9.59 Å². The Morgan fingerprint density at radius 3 is 2.52 bits per heavy atom. The number of carbonyl (C=O) groups excluding carboxylic acids is 3. The highest BCUT2D eigenvalue weighted by atomic mass is 35.5. The molecule has 1 heterocycles. The highest BCUT2D eigenvalue weighted by Gasteiger charge is 2.36. The van der Waals surface area contributed by atoms with Crippen LogP contribution in [0.25, 0.3) is 6.08 Å². The molecule has 0 atom stereocenters. The second-order valence-electron chi connectivity index (χ2n) is 6.40. The molecule has 1 aliphatic rings. The Kier molecular flexibility index (Phi) is 6.21. The summed E-state index contributed by atoms with van der Waals surface area (Å²) in [4.78, 5) is 38.2. The van der Waals surface area contributed by atoms with Crippen molar-refractivity contribution in [3.63, 3.8) is 0 Å². The van der Waals surface area contributed by atoms with Gasteiger partial charge in [0.15, 0.2) is 5.75 Å². The van der Waals surface area contributed by atoms with E-state index in [0.29, 0.717) is 23.0 Å². The molecule has 0 bridgehead atoms. The van der Waals surface area contributed by atoms with Crippen molar-refractivity contribution in [3.8, 4) is 5.75 Å². The summed E-state index contributed by atoms with van der Waals surface area (Å²) in [6.45, 7) is 3.41. The lowest BCUT2D eigenvalue weighted by Gasteiger charge is -2.14. The first-order valence-corrected chi connectivity index (χ1v) is 10.0. The van der Waals surface area contributed by atoms with Crippen molar-refractivity contribution >= 4 is 63.8 Å². The zero-order chi connectivity index (χ0) is 21.3. The third kappa shape index (κ3) is 4.58. The fourth-order valence-electron chi connectivity index (χ4n) is 2.68. The first kappa shape index (κ1) is 21.2. The van der Waals surface area contributed by atoms with Crippen molar-refractivity contribution in [1.82, 2.24) is 4.90 Å². The molecule has 9 heteroatoms. The fourth-order valence-corrected chi connectivity index (χ4v) is 4.02. The zero-order valence-corrected chi connectivity index (χ0v) is 17.8. The number of hydrogen-bond donors (Lipinski definition) is 2. The molecule has 2 N–H and O–H groups in total. The Hall–Kier alpha value is -2.48. The molecule has 1 saturated heterocycles. The number of aromatic hydroxyl groups is 1. The maximum atomic E-state index is 12.6. The molecule has 0 saturated carbocycles. The number of nitrogens with one attached hydrogen (secondary N) is 1. The number of aryl methyl sites for hydroxylation is 1. The number of benzene rings is 2. The molecule has 3 rings (SSSR count). The Morgan fingerprint density at radius 1 is 1.21 bits per heavy atom. The maximum Gasteiger partial charge on any atom is 0.294 e. The van der Waals surface area contributed by atoms with E-state index in [9.17, 15) is 19.5 Å². The van der Waals surface area contributed by atoms with E-state index < -0.39 is 23.6 Å². The van der Waals surface area contributed by atoms with Crippen LogP contribution >= 0.6 is 35.0 Å². The third-order valence-corrected chi connectivity index (χ3v) is 5.87. The summed E-state index contributed by atoms with van der Waals surface area (Å²) in [7, 11) is 0. The van der Waals surface area contributed by atoms with E-state index in [0.717, 1.165) is 16.0 Å². The Bertz CT molecular complexity index is 1050. The molecule has 2 aromatic rings. The lowest BCUT2D eigenvalue weighted by molar-refractivity contribution is -0.127. The zero-order valence-electron chi connectivity index (χ0n) is 15.5. The van der Waals surface area contributed by atoms with Crippen LogP contribution in [0.3, 0.4) is 0 Å². The van der Waals surface area contributed by atoms with Gasteiger partial charge in [0.1, 0.15) is 6.54 Å². The van der Waals surface area contributed by atoms with Crippen LogP contribution in [0, 0.1) is 13.8 Å². The number of halogens is 2. The van der Waals surface area contributed by atoms with Crippen LogP contribution in [0.2, 0.25) is 10.0 Å². The molecule has 150 valence electrons. The van der Waals surface area contributed by atoms with Crippen LogP contribution in [-0.4, -0.2) is 33.6 Å². The minimum atomic E-state index is -0.587. The van der Waals surface area contributed by atoms with Gasteiger partial charge in [-0.05, 0) is 66.6 Å². The number of rotatable bonds is 4. The quantitative estimate of drug-likeness (QED) is 0.640. The number of carbonyl (C=O) groups is 3. The standard InChI is InChI=1S/C20H16Cl2N2O4S/c1-10-4-3-5-15(11(10)2)23-17(25)9-24-19(27)16(29-20(24)28)8-12-6-13(21)18(26)14(22)7-12/h3-8,26H,9H2,1-2H3,(H,23,25)/b16-8-. The average molecular weight is 451 g/mol. The molecule has 0 aliphatic carbocycles. The van der Waals surface area contributed by atoms with Crippen molar-refractivity contribution in [3.05, 3.63) is 62.0 Å². The number of phenols is 1. The number of anilines is 1. The van der Waals surface area contributed by atoms with Gasteiger partial charge in [-0.15, -0.1) is 0 Å². The summed E-state index contributed by atoms with van der Waals surface area (Å²) in [5.74, 6) is -1.32. The Morgan fingerprint density at radius 2 is 1.86 bits per heavy atom. The normalized spacial score (nSPS) is 15.3. The highest BCUT2D eigenvalue weighted by Crippen LogP contribution is 2.36. The maximum absolute atomic E-state index is 12.6. The molecule has 0 aromatic heterocycles. The molecular weight excluding hydrogens is 435 g/mol. The van der Waals surface area contributed by atoms with Gasteiger partial charge >= 0.3 is 0 Å². The van der Waals surface area contributed by atoms with Crippen LogP contribution < -0.4 is 5.32 Å². The Balaban J connectivity index is 1.75. The van der Waals surface area contributed by atoms with Gasteiger partial charge in [0.05, 0.1) is 15.0 Å². The number of hydrogen-bond acceptors (Lipinski definition) is 5. The molecule has 2 aromatic carbocycles. The van der Waals surface area contributed by atoms with Gasteiger partial charge in [0, 0.05) is 5.69 Å². The van der Waals surface area contributed by atoms with Gasteiger partial charge in [0.25, 0.3) is 11.1 Å². The largest absolute Gasteiger partial charge is 0.505 e. The first-order chi connectivity index (χ1) is 13.7. The summed E-state index contributed by atoms with van der Waals surface area (Å²) in [5, 5.41) is 11.8. The summed E-state index contributed by atoms with van der Waals surface area (Å²) in [6.07, 6.45) is 1.44. The average Bonchev–Trinajstić information content (AvgIpc) is 2.91. The topological polar surface area (TPSA) is 86.7 Å². The molecule has 29 heavy (non-hydrogen) atoms. The summed E-state index contributed by atoms with van der Waals surface area (Å²) < 4.78 is 0. The molecule has 6 nitrogen and oxygen atoms in total. The van der Waals surface area contributed by atoms with Crippen LogP contribution in [0.15, 0.2) is 35.2 Å². The number of phenolic OH excluding ortho intramolecular Hbond substituents is 1. The summed E-state index contributed by atoms with van der Waals surface area (Å²) in [5.41, 5.74) is 3.01. The van der Waals surface area contributed by atoms with Crippen molar-refractivity contribution in [2.75, 3.05) is 11.9 Å². The molecule has 0 unspecified atom stereocenters. The second-order valence-corrected chi connectivity index (χ2v) is 8.20. The monoisotopic (exact) mass is 450 g/mol. The van der Waals surface area contributed by atoms with E-state index in [1.807, 2.05) is 26.0 Å². The van der Waals surface area contributed by atoms with Gasteiger partial charge in [-0.3, -0.25) is 19.3 Å². The predicted molar refractivity (Wildman–Crippen MR) is 115 cm³/mol. The van der Waals surface area contributed by atoms with E-state index in [1.54, 1.807) is 6.07 Å². The van der Waals surface area contributed by atoms with Crippen LogP contribution in [0.4, 0.5) is 10.5 Å². The number of imide groups is 1. The van der Waals surface area contributed by atoms with Crippen molar-refractivity contribution in [2.24, 2.45) is 0 Å². The van der Waals surface area contributed by atoms with E-state index in [-0.39, 0.29) is 20.7 Å². The lowest BCUT2D eigenvalue weighted by Crippen LogP contribution is -2.36. The fraction of sp³-hybridized carbons (Fsp3) is 0.150. The number of amides is 3. The lowest BCUT2D eigenvalue weighted by atomic mass is 10.1. The molecule has 1 aliphatic heterocycles. The Labute approximate surface area is 181 Å².